The minimum atomic E-state index is 0.468. The summed E-state index contributed by atoms with van der Waals surface area (Å²) < 4.78 is 4.38. The van der Waals surface area contributed by atoms with Gasteiger partial charge in [-0.1, -0.05) is 48.3 Å². The lowest BCUT2D eigenvalue weighted by Gasteiger charge is -2.17. The van der Waals surface area contributed by atoms with Crippen LogP contribution in [0.3, 0.4) is 0 Å². The summed E-state index contributed by atoms with van der Waals surface area (Å²) in [5.41, 5.74) is 2.23. The second-order valence-corrected chi connectivity index (χ2v) is 8.30. The molecule has 0 unspecified atom stereocenters. The molecule has 4 rings (SSSR count). The highest BCUT2D eigenvalue weighted by molar-refractivity contribution is 7.99. The summed E-state index contributed by atoms with van der Waals surface area (Å²) in [4.78, 5) is 0. The third-order valence-corrected chi connectivity index (χ3v) is 6.44. The molecule has 0 spiro atoms. The molecule has 142 valence electrons. The fourth-order valence-corrected chi connectivity index (χ4v) is 4.98. The maximum absolute atomic E-state index is 6.45. The first-order valence-corrected chi connectivity index (χ1v) is 11.0. The molecule has 0 saturated heterocycles. The van der Waals surface area contributed by atoms with E-state index in [0.717, 1.165) is 40.3 Å². The van der Waals surface area contributed by atoms with Gasteiger partial charge >= 0.3 is 0 Å². The number of rotatable bonds is 7. The second-order valence-electron chi connectivity index (χ2n) is 6.83. The van der Waals surface area contributed by atoms with Gasteiger partial charge in [0.2, 0.25) is 0 Å². The van der Waals surface area contributed by atoms with Crippen molar-refractivity contribution < 1.29 is 0 Å². The Balaban J connectivity index is 1.58. The van der Waals surface area contributed by atoms with Crippen molar-refractivity contribution in [2.75, 3.05) is 5.75 Å². The van der Waals surface area contributed by atoms with E-state index in [4.69, 9.17) is 11.6 Å². The fraction of sp³-hybridized carbons (Fsp3) is 0.450. The summed E-state index contributed by atoms with van der Waals surface area (Å²) in [5, 5.41) is 15.1. The number of thioether (sulfide) groups is 1. The van der Waals surface area contributed by atoms with E-state index in [-0.39, 0.29) is 0 Å². The van der Waals surface area contributed by atoms with Gasteiger partial charge in [0, 0.05) is 35.8 Å². The van der Waals surface area contributed by atoms with Crippen molar-refractivity contribution in [3.8, 4) is 11.4 Å². The Hall–Kier alpha value is -1.79. The second kappa shape index (κ2) is 8.48. The molecule has 2 heterocycles. The molecule has 0 aliphatic heterocycles. The minimum Gasteiger partial charge on any atom is -0.299 e. The van der Waals surface area contributed by atoms with Gasteiger partial charge in [0.25, 0.3) is 0 Å². The van der Waals surface area contributed by atoms with E-state index in [1.807, 2.05) is 30.5 Å². The topological polar surface area (TPSA) is 48.5 Å². The van der Waals surface area contributed by atoms with Crippen LogP contribution in [-0.2, 0) is 13.0 Å². The summed E-state index contributed by atoms with van der Waals surface area (Å²) in [5.74, 6) is 1.85. The minimum absolute atomic E-state index is 0.468. The Kier molecular flexibility index (Phi) is 5.83. The Labute approximate surface area is 169 Å². The summed E-state index contributed by atoms with van der Waals surface area (Å²) in [7, 11) is 0. The number of halogens is 1. The standard InChI is InChI=1S/C20H24ClN5S/c1-2-25-15(11-13-22-25)12-14-27-20-24-23-19(17-9-5-6-10-18(17)21)26(20)16-7-3-4-8-16/h5-6,9-11,13,16H,2-4,7-8,12,14H2,1H3. The molecule has 7 heteroatoms. The van der Waals surface area contributed by atoms with Crippen LogP contribution < -0.4 is 0 Å². The highest BCUT2D eigenvalue weighted by Crippen LogP contribution is 2.38. The normalized spacial score (nSPS) is 14.9. The first-order chi connectivity index (χ1) is 13.3. The molecular weight excluding hydrogens is 378 g/mol. The first-order valence-electron chi connectivity index (χ1n) is 9.61. The number of hydrogen-bond donors (Lipinski definition) is 0. The monoisotopic (exact) mass is 401 g/mol. The third kappa shape index (κ3) is 3.92. The van der Waals surface area contributed by atoms with Gasteiger partial charge in [0.05, 0.1) is 5.02 Å². The molecule has 3 aromatic rings. The lowest BCUT2D eigenvalue weighted by Crippen LogP contribution is -2.09. The molecule has 0 atom stereocenters. The predicted octanol–water partition coefficient (Wildman–Crippen LogP) is 5.26. The van der Waals surface area contributed by atoms with Crippen molar-refractivity contribution in [2.24, 2.45) is 0 Å². The maximum Gasteiger partial charge on any atom is 0.191 e. The van der Waals surface area contributed by atoms with E-state index in [1.165, 1.54) is 31.4 Å². The van der Waals surface area contributed by atoms with Crippen LogP contribution in [0.25, 0.3) is 11.4 Å². The molecule has 0 radical (unpaired) electrons. The Morgan fingerprint density at radius 2 is 1.96 bits per heavy atom. The van der Waals surface area contributed by atoms with E-state index in [2.05, 4.69) is 37.5 Å². The van der Waals surface area contributed by atoms with Gasteiger partial charge in [-0.2, -0.15) is 5.10 Å². The van der Waals surface area contributed by atoms with Gasteiger partial charge in [-0.25, -0.2) is 0 Å². The number of hydrogen-bond acceptors (Lipinski definition) is 4. The van der Waals surface area contributed by atoms with Gasteiger partial charge in [-0.05, 0) is 44.4 Å². The molecule has 1 fully saturated rings. The van der Waals surface area contributed by atoms with Crippen molar-refractivity contribution in [3.05, 3.63) is 47.2 Å². The van der Waals surface area contributed by atoms with Gasteiger partial charge < -0.3 is 0 Å². The molecule has 5 nitrogen and oxygen atoms in total. The van der Waals surface area contributed by atoms with Crippen LogP contribution >= 0.6 is 23.4 Å². The van der Waals surface area contributed by atoms with Gasteiger partial charge in [-0.3, -0.25) is 9.25 Å². The zero-order valence-electron chi connectivity index (χ0n) is 15.5. The zero-order valence-corrected chi connectivity index (χ0v) is 17.1. The van der Waals surface area contributed by atoms with Gasteiger partial charge in [0.1, 0.15) is 0 Å². The maximum atomic E-state index is 6.45. The van der Waals surface area contributed by atoms with Crippen LogP contribution in [-0.4, -0.2) is 30.3 Å². The SMILES string of the molecule is CCn1nccc1CCSc1nnc(-c2ccccc2Cl)n1C1CCCC1. The van der Waals surface area contributed by atoms with Gasteiger partial charge in [-0.15, -0.1) is 10.2 Å². The van der Waals surface area contributed by atoms with Crippen LogP contribution in [0, 0.1) is 0 Å². The van der Waals surface area contributed by atoms with Crippen molar-refractivity contribution in [1.29, 1.82) is 0 Å². The number of aryl methyl sites for hydroxylation is 2. The molecule has 2 aromatic heterocycles. The molecule has 0 N–H and O–H groups in total. The molecule has 1 aromatic carbocycles. The third-order valence-electron chi connectivity index (χ3n) is 5.16. The van der Waals surface area contributed by atoms with Crippen LogP contribution in [0.1, 0.15) is 44.3 Å². The molecule has 0 bridgehead atoms. The van der Waals surface area contributed by atoms with Crippen LogP contribution in [0.5, 0.6) is 0 Å². The van der Waals surface area contributed by atoms with Crippen LogP contribution in [0.2, 0.25) is 5.02 Å². The summed E-state index contributed by atoms with van der Waals surface area (Å²) in [6.07, 6.45) is 7.75. The average Bonchev–Trinajstić information content (AvgIpc) is 3.42. The summed E-state index contributed by atoms with van der Waals surface area (Å²) >= 11 is 8.23. The largest absolute Gasteiger partial charge is 0.299 e. The molecular formula is C20H24ClN5S. The van der Waals surface area contributed by atoms with E-state index >= 15 is 0 Å². The zero-order chi connectivity index (χ0) is 18.6. The van der Waals surface area contributed by atoms with Crippen molar-refractivity contribution in [3.63, 3.8) is 0 Å². The summed E-state index contributed by atoms with van der Waals surface area (Å²) in [6, 6.07) is 10.5. The van der Waals surface area contributed by atoms with E-state index in [1.54, 1.807) is 11.8 Å². The van der Waals surface area contributed by atoms with E-state index in [0.29, 0.717) is 6.04 Å². The predicted molar refractivity (Wildman–Crippen MR) is 110 cm³/mol. The summed E-state index contributed by atoms with van der Waals surface area (Å²) in [6.45, 7) is 3.03. The molecule has 1 aliphatic rings. The van der Waals surface area contributed by atoms with Crippen LogP contribution in [0.4, 0.5) is 0 Å². The molecule has 27 heavy (non-hydrogen) atoms. The highest BCUT2D eigenvalue weighted by Gasteiger charge is 2.25. The van der Waals surface area contributed by atoms with Crippen LogP contribution in [0.15, 0.2) is 41.7 Å². The molecule has 1 aliphatic carbocycles. The lowest BCUT2D eigenvalue weighted by molar-refractivity contribution is 0.485. The van der Waals surface area contributed by atoms with Gasteiger partial charge in [0.15, 0.2) is 11.0 Å². The fourth-order valence-electron chi connectivity index (χ4n) is 3.80. The number of benzene rings is 1. The van der Waals surface area contributed by atoms with Crippen molar-refractivity contribution >= 4 is 23.4 Å². The van der Waals surface area contributed by atoms with Crippen molar-refractivity contribution in [1.82, 2.24) is 24.5 Å². The Bertz CT molecular complexity index is 897. The Morgan fingerprint density at radius 3 is 2.74 bits per heavy atom. The molecule has 1 saturated carbocycles. The lowest BCUT2D eigenvalue weighted by atomic mass is 10.2. The molecule has 0 amide bonds. The quantitative estimate of drug-likeness (QED) is 0.506. The number of nitrogens with zero attached hydrogens (tertiary/aromatic N) is 5. The number of aromatic nitrogens is 5. The first kappa shape index (κ1) is 18.6. The highest BCUT2D eigenvalue weighted by atomic mass is 35.5. The van der Waals surface area contributed by atoms with E-state index < -0.39 is 0 Å². The van der Waals surface area contributed by atoms with E-state index in [9.17, 15) is 0 Å². The Morgan fingerprint density at radius 1 is 1.15 bits per heavy atom. The average molecular weight is 402 g/mol. The smallest absolute Gasteiger partial charge is 0.191 e. The van der Waals surface area contributed by atoms with Crippen molar-refractivity contribution in [2.45, 2.75) is 56.8 Å².